The molecule has 0 heterocycles. The Morgan fingerprint density at radius 2 is 0.409 bits per heavy atom. The number of hydrogen-bond acceptors (Lipinski definition) is 6. The van der Waals surface area contributed by atoms with Crippen molar-refractivity contribution in [3.63, 3.8) is 0 Å². The summed E-state index contributed by atoms with van der Waals surface area (Å²) in [4.78, 5) is 54.6. The van der Waals surface area contributed by atoms with Gasteiger partial charge in [-0.25, -0.2) is 28.8 Å². The van der Waals surface area contributed by atoms with Gasteiger partial charge in [0.15, 0.2) is 0 Å². The average molecular weight is 439 g/mol. The van der Waals surface area contributed by atoms with E-state index in [1.165, 1.54) is 0 Å². The van der Waals surface area contributed by atoms with Crippen LogP contribution in [0.1, 0.15) is 0 Å². The Hall–Kier alpha value is 2.26. The van der Waals surface area contributed by atoms with Crippen molar-refractivity contribution in [2.45, 2.75) is 0 Å². The molecule has 16 heteroatoms. The topological polar surface area (TPSA) is 224 Å². The maximum atomic E-state index is 9.10. The van der Waals surface area contributed by atoms with E-state index in [1.807, 2.05) is 0 Å². The van der Waals surface area contributed by atoms with Crippen molar-refractivity contribution in [1.82, 2.24) is 0 Å². The fourth-order valence-corrected chi connectivity index (χ4v) is 0. The molecule has 0 fully saturated rings. The molecule has 0 aromatic heterocycles. The average Bonchev–Trinajstić information content (AvgIpc) is 2.18. The van der Waals surface area contributed by atoms with Gasteiger partial charge in [-0.15, -0.1) is 0 Å². The van der Waals surface area contributed by atoms with E-state index in [2.05, 4.69) is 0 Å². The van der Waals surface area contributed by atoms with Crippen LogP contribution in [0, 0.1) is 0 Å². The van der Waals surface area contributed by atoms with Gasteiger partial charge in [0.2, 0.25) is 0 Å². The van der Waals surface area contributed by atoms with Gasteiger partial charge in [-0.2, -0.15) is 0 Å². The molecule has 0 spiro atoms. The number of aliphatic carboxylic acids is 6. The molecule has 0 aliphatic rings. The Kier molecular flexibility index (Phi) is 56.2. The third-order valence-electron chi connectivity index (χ3n) is 0.549. The van der Waals surface area contributed by atoms with Crippen LogP contribution in [0.4, 0.5) is 0 Å². The quantitative estimate of drug-likeness (QED) is 0.153. The number of rotatable bonds is 0. The second kappa shape index (κ2) is 28.1. The molecule has 0 amide bonds. The molecule has 0 radical (unpaired) electrons. The van der Waals surface area contributed by atoms with Crippen LogP contribution in [-0.2, 0) is 46.1 Å². The minimum Gasteiger partial charge on any atom is -0.473 e. The largest absolute Gasteiger partial charge is 1.00 e. The molecule has 0 saturated heterocycles. The normalized spacial score (nSPS) is 6.00. The van der Waals surface area contributed by atoms with Crippen molar-refractivity contribution in [1.29, 1.82) is 0 Å². The summed E-state index contributed by atoms with van der Waals surface area (Å²) >= 11 is 0. The summed E-state index contributed by atoms with van der Waals surface area (Å²) in [7, 11) is 0. The fourth-order valence-electron chi connectivity index (χ4n) is 0. The molecule has 0 aliphatic carbocycles. The van der Waals surface area contributed by atoms with Gasteiger partial charge in [-0.1, -0.05) is 0 Å². The van der Waals surface area contributed by atoms with Crippen LogP contribution >= 0.6 is 0 Å². The number of hydrogen-bond donors (Lipinski definition) is 6. The first-order chi connectivity index (χ1) is 7.93. The Morgan fingerprint density at radius 1 is 0.364 bits per heavy atom. The maximum Gasteiger partial charge on any atom is 1.00 e. The number of carboxylic acid groups (broad SMARTS) is 6. The van der Waals surface area contributed by atoms with Crippen LogP contribution in [-0.4, -0.2) is 66.5 Å². The summed E-state index contributed by atoms with van der Waals surface area (Å²) in [5.74, 6) is -10.9. The molecule has 0 bridgehead atoms. The Morgan fingerprint density at radius 3 is 0.409 bits per heavy atom. The zero-order chi connectivity index (χ0) is 15.5. The van der Waals surface area contributed by atoms with E-state index in [9.17, 15) is 0 Å². The van der Waals surface area contributed by atoms with Gasteiger partial charge in [0.25, 0.3) is 0 Å². The Bertz CT molecular complexity index is 290. The Labute approximate surface area is 260 Å². The summed E-state index contributed by atoms with van der Waals surface area (Å²) in [6.07, 6.45) is 0. The predicted octanol–water partition coefficient (Wildman–Crippen LogP) is -11.5. The summed E-state index contributed by atoms with van der Waals surface area (Å²) < 4.78 is 0. The van der Waals surface area contributed by atoms with Crippen LogP contribution in [0.3, 0.4) is 0 Å². The minimum atomic E-state index is -1.82. The van der Waals surface area contributed by atoms with Crippen molar-refractivity contribution in [2.75, 3.05) is 0 Å². The maximum absolute atomic E-state index is 9.10. The molecule has 0 aromatic rings. The second-order valence-electron chi connectivity index (χ2n) is 1.83. The first-order valence-corrected chi connectivity index (χ1v) is 3.32. The van der Waals surface area contributed by atoms with Crippen LogP contribution in [0.15, 0.2) is 0 Å². The standard InChI is InChI=1S/3C2H2O4.Cr.3K/c3*3-1(4)2(5)6;;;;/h3*(H,3,4)(H,5,6);;;;/q;;;;3*+1. The van der Waals surface area contributed by atoms with E-state index in [0.717, 1.165) is 0 Å². The molecule has 0 saturated carbocycles. The summed E-state index contributed by atoms with van der Waals surface area (Å²) in [5, 5.41) is 44.3. The predicted molar refractivity (Wildman–Crippen MR) is 45.8 cm³/mol. The van der Waals surface area contributed by atoms with Gasteiger partial charge in [0, 0.05) is 17.4 Å². The molecule has 0 unspecified atom stereocenters. The summed E-state index contributed by atoms with van der Waals surface area (Å²) in [5.41, 5.74) is 0. The number of carbonyl (C=O) groups is 6. The van der Waals surface area contributed by atoms with Gasteiger partial charge in [0.1, 0.15) is 0 Å². The van der Waals surface area contributed by atoms with E-state index in [1.54, 1.807) is 0 Å². The van der Waals surface area contributed by atoms with Crippen molar-refractivity contribution in [3.8, 4) is 0 Å². The fraction of sp³-hybridized carbons (Fsp3) is 0. The molecule has 12 nitrogen and oxygen atoms in total. The minimum absolute atomic E-state index is 0. The van der Waals surface area contributed by atoms with Crippen molar-refractivity contribution >= 4 is 35.8 Å². The van der Waals surface area contributed by atoms with Gasteiger partial charge in [-0.05, 0) is 0 Å². The van der Waals surface area contributed by atoms with E-state index in [4.69, 9.17) is 59.4 Å². The van der Waals surface area contributed by atoms with Crippen molar-refractivity contribution in [2.24, 2.45) is 0 Å². The molecular weight excluding hydrogens is 433 g/mol. The Balaban J connectivity index is -0.0000000281. The monoisotopic (exact) mass is 439 g/mol. The van der Waals surface area contributed by atoms with Gasteiger partial charge >= 0.3 is 190 Å². The first-order valence-electron chi connectivity index (χ1n) is 3.32. The van der Waals surface area contributed by atoms with Crippen LogP contribution < -0.4 is 154 Å². The first kappa shape index (κ1) is 44.1. The SMILES string of the molecule is O=C(O)C(=O)O.O=C(O)C(=O)O.O=C(O)C(=O)O.[Cr].[K+].[K+].[K+]. The van der Waals surface area contributed by atoms with Crippen LogP contribution in [0.5, 0.6) is 0 Å². The molecule has 0 aliphatic heterocycles. The van der Waals surface area contributed by atoms with Gasteiger partial charge in [0.05, 0.1) is 0 Å². The third-order valence-corrected chi connectivity index (χ3v) is 0.549. The molecule has 0 rings (SSSR count). The second-order valence-corrected chi connectivity index (χ2v) is 1.83. The molecule has 0 atom stereocenters. The smallest absolute Gasteiger partial charge is 0.473 e. The van der Waals surface area contributed by atoms with E-state index >= 15 is 0 Å². The van der Waals surface area contributed by atoms with E-state index in [-0.39, 0.29) is 172 Å². The zero-order valence-corrected chi connectivity index (χ0v) is 22.2. The van der Waals surface area contributed by atoms with Crippen LogP contribution in [0.25, 0.3) is 0 Å². The van der Waals surface area contributed by atoms with Gasteiger partial charge in [-0.3, -0.25) is 0 Å². The number of carboxylic acids is 6. The van der Waals surface area contributed by atoms with Crippen molar-refractivity contribution in [3.05, 3.63) is 0 Å². The van der Waals surface area contributed by atoms with Crippen LogP contribution in [0.2, 0.25) is 0 Å². The molecule has 108 valence electrons. The summed E-state index contributed by atoms with van der Waals surface area (Å²) in [6, 6.07) is 0. The molecule has 22 heavy (non-hydrogen) atoms. The van der Waals surface area contributed by atoms with Gasteiger partial charge < -0.3 is 30.6 Å². The molecule has 0 aromatic carbocycles. The van der Waals surface area contributed by atoms with Crippen molar-refractivity contribution < 1.29 is 231 Å². The van der Waals surface area contributed by atoms with E-state index < -0.39 is 35.8 Å². The third kappa shape index (κ3) is 49.5. The molecule has 6 N–H and O–H groups in total. The van der Waals surface area contributed by atoms with E-state index in [0.29, 0.717) is 0 Å². The molecular formula is C6H6CrK3O12+3. The zero-order valence-electron chi connectivity index (χ0n) is 11.5. The summed E-state index contributed by atoms with van der Waals surface area (Å²) in [6.45, 7) is 0.